The van der Waals surface area contributed by atoms with Crippen LogP contribution in [0.3, 0.4) is 0 Å². The standard InChI is InChI=1S/C20H21Cl2NO4/c1-3-26-18-7-5-4-6-14(18)8-9-19(24)27-13(2)20(25)23-17-11-15(21)10-16(22)12-17/h4-7,10-13H,3,8-9H2,1-2H3,(H,23,25)/t13-/m1/s1. The molecule has 5 nitrogen and oxygen atoms in total. The molecule has 0 saturated heterocycles. The number of para-hydroxylation sites is 1. The summed E-state index contributed by atoms with van der Waals surface area (Å²) in [5, 5.41) is 3.42. The molecule has 1 amide bonds. The molecule has 0 aromatic heterocycles. The monoisotopic (exact) mass is 409 g/mol. The lowest BCUT2D eigenvalue weighted by atomic mass is 10.1. The number of hydrogen-bond donors (Lipinski definition) is 1. The van der Waals surface area contributed by atoms with Crippen molar-refractivity contribution in [3.05, 3.63) is 58.1 Å². The lowest BCUT2D eigenvalue weighted by Gasteiger charge is -2.14. The average Bonchev–Trinajstić information content (AvgIpc) is 2.60. The van der Waals surface area contributed by atoms with E-state index in [1.807, 2.05) is 31.2 Å². The van der Waals surface area contributed by atoms with Crippen molar-refractivity contribution in [2.45, 2.75) is 32.8 Å². The van der Waals surface area contributed by atoms with Crippen LogP contribution in [0.1, 0.15) is 25.8 Å². The minimum Gasteiger partial charge on any atom is -0.494 e. The lowest BCUT2D eigenvalue weighted by Crippen LogP contribution is -2.30. The highest BCUT2D eigenvalue weighted by Crippen LogP contribution is 2.23. The molecule has 0 heterocycles. The fourth-order valence-corrected chi connectivity index (χ4v) is 2.95. The van der Waals surface area contributed by atoms with Gasteiger partial charge in [-0.3, -0.25) is 9.59 Å². The van der Waals surface area contributed by atoms with E-state index in [-0.39, 0.29) is 6.42 Å². The zero-order chi connectivity index (χ0) is 19.8. The molecule has 27 heavy (non-hydrogen) atoms. The molecule has 0 aliphatic heterocycles. The van der Waals surface area contributed by atoms with Gasteiger partial charge in [0.05, 0.1) is 6.61 Å². The Morgan fingerprint density at radius 3 is 2.44 bits per heavy atom. The number of nitrogens with one attached hydrogen (secondary N) is 1. The van der Waals surface area contributed by atoms with Crippen molar-refractivity contribution in [2.75, 3.05) is 11.9 Å². The normalized spacial score (nSPS) is 11.6. The Labute approximate surface area is 168 Å². The topological polar surface area (TPSA) is 64.6 Å². The molecule has 1 atom stereocenters. The molecular weight excluding hydrogens is 389 g/mol. The van der Waals surface area contributed by atoms with Gasteiger partial charge < -0.3 is 14.8 Å². The number of rotatable bonds is 8. The maximum atomic E-state index is 12.2. The molecule has 0 aliphatic rings. The molecule has 1 N–H and O–H groups in total. The number of aryl methyl sites for hydroxylation is 1. The second kappa shape index (κ2) is 10.2. The predicted molar refractivity (Wildman–Crippen MR) is 107 cm³/mol. The summed E-state index contributed by atoms with van der Waals surface area (Å²) in [5.74, 6) is -0.180. The minimum absolute atomic E-state index is 0.144. The van der Waals surface area contributed by atoms with Crippen molar-refractivity contribution < 1.29 is 19.1 Å². The Bertz CT molecular complexity index is 790. The van der Waals surface area contributed by atoms with E-state index >= 15 is 0 Å². The zero-order valence-electron chi connectivity index (χ0n) is 15.1. The van der Waals surface area contributed by atoms with Gasteiger partial charge in [0.15, 0.2) is 6.10 Å². The molecule has 0 unspecified atom stereocenters. The Morgan fingerprint density at radius 2 is 1.78 bits per heavy atom. The number of halogens is 2. The molecule has 0 radical (unpaired) electrons. The van der Waals surface area contributed by atoms with Gasteiger partial charge in [0.1, 0.15) is 5.75 Å². The van der Waals surface area contributed by atoms with Crippen LogP contribution in [0.5, 0.6) is 5.75 Å². The van der Waals surface area contributed by atoms with Gasteiger partial charge in [-0.05, 0) is 50.1 Å². The Kier molecular flexibility index (Phi) is 7.95. The maximum Gasteiger partial charge on any atom is 0.306 e. The molecule has 144 valence electrons. The summed E-state index contributed by atoms with van der Waals surface area (Å²) >= 11 is 11.8. The van der Waals surface area contributed by atoms with Crippen LogP contribution in [-0.4, -0.2) is 24.6 Å². The Morgan fingerprint density at radius 1 is 1.11 bits per heavy atom. The second-order valence-corrected chi connectivity index (χ2v) is 6.69. The Balaban J connectivity index is 1.87. The van der Waals surface area contributed by atoms with Gasteiger partial charge in [0.25, 0.3) is 5.91 Å². The Hall–Kier alpha value is -2.24. The summed E-state index contributed by atoms with van der Waals surface area (Å²) in [6.45, 7) is 3.96. The first-order valence-electron chi connectivity index (χ1n) is 8.56. The van der Waals surface area contributed by atoms with Crippen LogP contribution < -0.4 is 10.1 Å². The van der Waals surface area contributed by atoms with Crippen molar-refractivity contribution >= 4 is 40.8 Å². The first kappa shape index (κ1) is 21.1. The summed E-state index contributed by atoms with van der Waals surface area (Å²) in [5.41, 5.74) is 1.35. The van der Waals surface area contributed by atoms with E-state index in [1.165, 1.54) is 6.92 Å². The molecule has 0 saturated carbocycles. The van der Waals surface area contributed by atoms with E-state index in [0.29, 0.717) is 28.8 Å². The van der Waals surface area contributed by atoms with Crippen LogP contribution in [-0.2, 0) is 20.7 Å². The first-order valence-corrected chi connectivity index (χ1v) is 9.31. The van der Waals surface area contributed by atoms with E-state index < -0.39 is 18.0 Å². The van der Waals surface area contributed by atoms with Crippen molar-refractivity contribution in [2.24, 2.45) is 0 Å². The number of carbonyl (C=O) groups is 2. The highest BCUT2D eigenvalue weighted by atomic mass is 35.5. The van der Waals surface area contributed by atoms with E-state index in [0.717, 1.165) is 11.3 Å². The van der Waals surface area contributed by atoms with Gasteiger partial charge in [-0.1, -0.05) is 41.4 Å². The number of benzene rings is 2. The third-order valence-corrected chi connectivity index (χ3v) is 4.11. The summed E-state index contributed by atoms with van der Waals surface area (Å²) in [6.07, 6.45) is -0.338. The SMILES string of the molecule is CCOc1ccccc1CCC(=O)O[C@H](C)C(=O)Nc1cc(Cl)cc(Cl)c1. The summed E-state index contributed by atoms with van der Waals surface area (Å²) in [6, 6.07) is 12.2. The van der Waals surface area contributed by atoms with E-state index in [1.54, 1.807) is 18.2 Å². The summed E-state index contributed by atoms with van der Waals surface area (Å²) in [7, 11) is 0. The molecule has 7 heteroatoms. The number of amides is 1. The number of anilines is 1. The largest absolute Gasteiger partial charge is 0.494 e. The van der Waals surface area contributed by atoms with Gasteiger partial charge in [-0.25, -0.2) is 0 Å². The molecule has 2 rings (SSSR count). The predicted octanol–water partition coefficient (Wildman–Crippen LogP) is 4.90. The van der Waals surface area contributed by atoms with Gasteiger partial charge >= 0.3 is 5.97 Å². The smallest absolute Gasteiger partial charge is 0.306 e. The van der Waals surface area contributed by atoms with E-state index in [9.17, 15) is 9.59 Å². The fraction of sp³-hybridized carbons (Fsp3) is 0.300. The lowest BCUT2D eigenvalue weighted by molar-refractivity contribution is -0.153. The third-order valence-electron chi connectivity index (χ3n) is 3.68. The average molecular weight is 410 g/mol. The van der Waals surface area contributed by atoms with Crippen LogP contribution in [0.4, 0.5) is 5.69 Å². The maximum absolute atomic E-state index is 12.2. The van der Waals surface area contributed by atoms with Crippen LogP contribution in [0.2, 0.25) is 10.0 Å². The van der Waals surface area contributed by atoms with Gasteiger partial charge in [0.2, 0.25) is 0 Å². The number of esters is 1. The van der Waals surface area contributed by atoms with Gasteiger partial charge in [0, 0.05) is 22.2 Å². The van der Waals surface area contributed by atoms with Crippen molar-refractivity contribution in [3.63, 3.8) is 0 Å². The molecule has 0 spiro atoms. The number of carbonyl (C=O) groups excluding carboxylic acids is 2. The van der Waals surface area contributed by atoms with Crippen molar-refractivity contribution in [1.29, 1.82) is 0 Å². The van der Waals surface area contributed by atoms with Gasteiger partial charge in [-0.2, -0.15) is 0 Å². The highest BCUT2D eigenvalue weighted by Gasteiger charge is 2.18. The first-order chi connectivity index (χ1) is 12.9. The molecule has 0 fully saturated rings. The number of ether oxygens (including phenoxy) is 2. The number of hydrogen-bond acceptors (Lipinski definition) is 4. The molecule has 0 aliphatic carbocycles. The second-order valence-electron chi connectivity index (χ2n) is 5.82. The van der Waals surface area contributed by atoms with Gasteiger partial charge in [-0.15, -0.1) is 0 Å². The molecule has 0 bridgehead atoms. The third kappa shape index (κ3) is 6.77. The van der Waals surface area contributed by atoms with E-state index in [2.05, 4.69) is 5.32 Å². The van der Waals surface area contributed by atoms with Crippen LogP contribution in [0.25, 0.3) is 0 Å². The van der Waals surface area contributed by atoms with Crippen molar-refractivity contribution in [3.8, 4) is 5.75 Å². The summed E-state index contributed by atoms with van der Waals surface area (Å²) in [4.78, 5) is 24.3. The fourth-order valence-electron chi connectivity index (χ4n) is 2.42. The zero-order valence-corrected chi connectivity index (χ0v) is 16.6. The van der Waals surface area contributed by atoms with Crippen LogP contribution in [0, 0.1) is 0 Å². The van der Waals surface area contributed by atoms with E-state index in [4.69, 9.17) is 32.7 Å². The molecular formula is C20H21Cl2NO4. The minimum atomic E-state index is -0.947. The van der Waals surface area contributed by atoms with Crippen LogP contribution >= 0.6 is 23.2 Å². The molecule has 2 aromatic carbocycles. The summed E-state index contributed by atoms with van der Waals surface area (Å²) < 4.78 is 10.7. The molecule has 2 aromatic rings. The highest BCUT2D eigenvalue weighted by molar-refractivity contribution is 6.35. The van der Waals surface area contributed by atoms with Crippen LogP contribution in [0.15, 0.2) is 42.5 Å². The van der Waals surface area contributed by atoms with Crippen molar-refractivity contribution in [1.82, 2.24) is 0 Å². The quantitative estimate of drug-likeness (QED) is 0.629.